The van der Waals surface area contributed by atoms with Gasteiger partial charge in [0.05, 0.1) is 10.5 Å². The summed E-state index contributed by atoms with van der Waals surface area (Å²) in [5, 5.41) is 1.66. The number of aromatic amines is 1. The fourth-order valence-electron chi connectivity index (χ4n) is 0.986. The first-order chi connectivity index (χ1) is 5.29. The van der Waals surface area contributed by atoms with E-state index in [1.807, 2.05) is 12.3 Å². The lowest BCUT2D eigenvalue weighted by Crippen LogP contribution is -1.77. The summed E-state index contributed by atoms with van der Waals surface area (Å²) < 4.78 is 0.818. The quantitative estimate of drug-likeness (QED) is 0.694. The number of hydrogen-bond donors (Lipinski definition) is 1. The van der Waals surface area contributed by atoms with E-state index in [0.717, 1.165) is 15.5 Å². The predicted molar refractivity (Wildman–Crippen MR) is 48.8 cm³/mol. The molecule has 2 aromatic heterocycles. The van der Waals surface area contributed by atoms with Gasteiger partial charge in [-0.05, 0) is 22.0 Å². The normalized spacial score (nSPS) is 10.7. The number of hydrogen-bond acceptors (Lipinski definition) is 1. The van der Waals surface area contributed by atoms with Gasteiger partial charge in [-0.15, -0.1) is 0 Å². The lowest BCUT2D eigenvalue weighted by atomic mass is 10.3. The van der Waals surface area contributed by atoms with Gasteiger partial charge in [0.25, 0.3) is 0 Å². The second-order valence-electron chi connectivity index (χ2n) is 2.16. The summed E-state index contributed by atoms with van der Waals surface area (Å²) >= 11 is 9.18. The lowest BCUT2D eigenvalue weighted by molar-refractivity contribution is 1.31. The first-order valence-corrected chi connectivity index (χ1v) is 4.23. The molecule has 0 radical (unpaired) electrons. The Kier molecular flexibility index (Phi) is 1.62. The van der Waals surface area contributed by atoms with Crippen molar-refractivity contribution in [1.82, 2.24) is 9.97 Å². The Hall–Kier alpha value is -0.540. The Morgan fingerprint density at radius 3 is 3.09 bits per heavy atom. The van der Waals surface area contributed by atoms with Gasteiger partial charge in [-0.2, -0.15) is 0 Å². The van der Waals surface area contributed by atoms with Crippen molar-refractivity contribution in [2.24, 2.45) is 0 Å². The number of halogens is 2. The molecule has 0 unspecified atom stereocenters. The van der Waals surface area contributed by atoms with Crippen LogP contribution in [0.1, 0.15) is 0 Å². The molecule has 2 aromatic rings. The molecule has 0 saturated carbocycles. The van der Waals surface area contributed by atoms with Gasteiger partial charge in [-0.1, -0.05) is 11.6 Å². The Morgan fingerprint density at radius 2 is 2.36 bits per heavy atom. The molecule has 0 spiro atoms. The van der Waals surface area contributed by atoms with Gasteiger partial charge in [0.15, 0.2) is 0 Å². The zero-order valence-electron chi connectivity index (χ0n) is 5.44. The summed E-state index contributed by atoms with van der Waals surface area (Å²) in [4.78, 5) is 7.07. The van der Waals surface area contributed by atoms with Crippen LogP contribution in [0, 0.1) is 0 Å². The van der Waals surface area contributed by atoms with Crippen molar-refractivity contribution in [3.63, 3.8) is 0 Å². The standard InChI is InChI=1S/C7H4BrClN2/c8-7-4-1-2-10-6(4)5(9)3-11-7/h1-3,10H. The molecule has 0 fully saturated rings. The summed E-state index contributed by atoms with van der Waals surface area (Å²) in [6.45, 7) is 0. The van der Waals surface area contributed by atoms with Gasteiger partial charge in [0.1, 0.15) is 4.60 Å². The highest BCUT2D eigenvalue weighted by Crippen LogP contribution is 2.26. The van der Waals surface area contributed by atoms with E-state index in [1.54, 1.807) is 6.20 Å². The third kappa shape index (κ3) is 1.04. The van der Waals surface area contributed by atoms with Crippen molar-refractivity contribution >= 4 is 38.4 Å². The van der Waals surface area contributed by atoms with Crippen LogP contribution in [-0.2, 0) is 0 Å². The van der Waals surface area contributed by atoms with E-state index >= 15 is 0 Å². The zero-order chi connectivity index (χ0) is 7.84. The number of nitrogens with one attached hydrogen (secondary N) is 1. The van der Waals surface area contributed by atoms with E-state index < -0.39 is 0 Å². The van der Waals surface area contributed by atoms with Gasteiger partial charge < -0.3 is 4.98 Å². The van der Waals surface area contributed by atoms with Crippen LogP contribution in [0.4, 0.5) is 0 Å². The van der Waals surface area contributed by atoms with Gasteiger partial charge in [0.2, 0.25) is 0 Å². The zero-order valence-corrected chi connectivity index (χ0v) is 7.78. The van der Waals surface area contributed by atoms with Crippen LogP contribution in [0.15, 0.2) is 23.1 Å². The van der Waals surface area contributed by atoms with Crippen LogP contribution in [0.5, 0.6) is 0 Å². The van der Waals surface area contributed by atoms with Crippen LogP contribution >= 0.6 is 27.5 Å². The Morgan fingerprint density at radius 1 is 1.55 bits per heavy atom. The average molecular weight is 231 g/mol. The number of pyridine rings is 1. The van der Waals surface area contributed by atoms with Crippen molar-refractivity contribution in [2.45, 2.75) is 0 Å². The van der Waals surface area contributed by atoms with Gasteiger partial charge >= 0.3 is 0 Å². The molecule has 0 aliphatic heterocycles. The van der Waals surface area contributed by atoms with E-state index in [-0.39, 0.29) is 0 Å². The molecule has 2 nitrogen and oxygen atoms in total. The maximum Gasteiger partial charge on any atom is 0.115 e. The molecule has 4 heteroatoms. The predicted octanol–water partition coefficient (Wildman–Crippen LogP) is 2.98. The SMILES string of the molecule is Clc1cnc(Br)c2cc[nH]c12. The molecule has 0 bridgehead atoms. The Labute approximate surface area is 76.7 Å². The maximum absolute atomic E-state index is 5.86. The van der Waals surface area contributed by atoms with Crippen molar-refractivity contribution < 1.29 is 0 Å². The third-order valence-corrected chi connectivity index (χ3v) is 2.42. The first-order valence-electron chi connectivity index (χ1n) is 3.06. The smallest absolute Gasteiger partial charge is 0.115 e. The fraction of sp³-hybridized carbons (Fsp3) is 0. The van der Waals surface area contributed by atoms with Crippen LogP contribution in [0.25, 0.3) is 10.9 Å². The molecule has 0 aliphatic carbocycles. The molecule has 2 rings (SSSR count). The molecular weight excluding hydrogens is 227 g/mol. The molecule has 0 saturated heterocycles. The van der Waals surface area contributed by atoms with Crippen LogP contribution in [0.2, 0.25) is 5.02 Å². The van der Waals surface area contributed by atoms with E-state index in [2.05, 4.69) is 25.9 Å². The maximum atomic E-state index is 5.86. The molecule has 0 amide bonds. The first kappa shape index (κ1) is 7.13. The largest absolute Gasteiger partial charge is 0.360 e. The Bertz CT molecular complexity index is 360. The lowest BCUT2D eigenvalue weighted by Gasteiger charge is -1.94. The van der Waals surface area contributed by atoms with Crippen molar-refractivity contribution in [2.75, 3.05) is 0 Å². The number of rotatable bonds is 0. The monoisotopic (exact) mass is 230 g/mol. The molecule has 11 heavy (non-hydrogen) atoms. The van der Waals surface area contributed by atoms with Crippen LogP contribution in [0.3, 0.4) is 0 Å². The minimum Gasteiger partial charge on any atom is -0.360 e. The molecule has 0 aliphatic rings. The van der Waals surface area contributed by atoms with E-state index in [9.17, 15) is 0 Å². The third-order valence-electron chi connectivity index (χ3n) is 1.50. The minimum atomic E-state index is 0.646. The summed E-state index contributed by atoms with van der Waals surface area (Å²) in [6.07, 6.45) is 3.45. The van der Waals surface area contributed by atoms with Gasteiger partial charge in [-0.25, -0.2) is 4.98 Å². The molecule has 0 atom stereocenters. The molecule has 0 aromatic carbocycles. The topological polar surface area (TPSA) is 28.7 Å². The second-order valence-corrected chi connectivity index (χ2v) is 3.32. The van der Waals surface area contributed by atoms with E-state index in [0.29, 0.717) is 5.02 Å². The van der Waals surface area contributed by atoms with E-state index in [1.165, 1.54) is 0 Å². The molecule has 56 valence electrons. The molecule has 2 heterocycles. The van der Waals surface area contributed by atoms with Crippen molar-refractivity contribution in [3.8, 4) is 0 Å². The average Bonchev–Trinajstić information content (AvgIpc) is 2.45. The highest BCUT2D eigenvalue weighted by atomic mass is 79.9. The molecular formula is C7H4BrClN2. The number of fused-ring (bicyclic) bond motifs is 1. The Balaban J connectivity index is 2.96. The van der Waals surface area contributed by atoms with Crippen LogP contribution < -0.4 is 0 Å². The van der Waals surface area contributed by atoms with Crippen LogP contribution in [-0.4, -0.2) is 9.97 Å². The summed E-state index contributed by atoms with van der Waals surface area (Å²) in [5.41, 5.74) is 0.925. The minimum absolute atomic E-state index is 0.646. The number of nitrogens with zero attached hydrogens (tertiary/aromatic N) is 1. The fourth-order valence-corrected chi connectivity index (χ4v) is 1.62. The highest BCUT2D eigenvalue weighted by molar-refractivity contribution is 9.10. The number of aromatic nitrogens is 2. The van der Waals surface area contributed by atoms with Gasteiger partial charge in [0, 0.05) is 17.8 Å². The second kappa shape index (κ2) is 2.50. The van der Waals surface area contributed by atoms with Gasteiger partial charge in [-0.3, -0.25) is 0 Å². The molecule has 1 N–H and O–H groups in total. The van der Waals surface area contributed by atoms with E-state index in [4.69, 9.17) is 11.6 Å². The van der Waals surface area contributed by atoms with Crippen molar-refractivity contribution in [1.29, 1.82) is 0 Å². The number of H-pyrrole nitrogens is 1. The summed E-state index contributed by atoms with van der Waals surface area (Å²) in [7, 11) is 0. The van der Waals surface area contributed by atoms with Crippen molar-refractivity contribution in [3.05, 3.63) is 28.1 Å². The summed E-state index contributed by atoms with van der Waals surface area (Å²) in [6, 6.07) is 1.93. The summed E-state index contributed by atoms with van der Waals surface area (Å²) in [5.74, 6) is 0. The highest BCUT2D eigenvalue weighted by Gasteiger charge is 2.03.